The molecule has 9 nitrogen and oxygen atoms in total. The van der Waals surface area contributed by atoms with Gasteiger partial charge in [-0.3, -0.25) is 9.10 Å². The summed E-state index contributed by atoms with van der Waals surface area (Å²) in [4.78, 5) is 25.7. The van der Waals surface area contributed by atoms with E-state index in [0.29, 0.717) is 22.2 Å². The highest BCUT2D eigenvalue weighted by atomic mass is 32.2. The van der Waals surface area contributed by atoms with Crippen LogP contribution in [-0.2, 0) is 10.0 Å². The summed E-state index contributed by atoms with van der Waals surface area (Å²) in [5.74, 6) is -0.387. The molecule has 0 radical (unpaired) electrons. The average Bonchev–Trinajstić information content (AvgIpc) is 3.57. The molecule has 0 aliphatic carbocycles. The minimum absolute atomic E-state index is 0.218. The third-order valence-corrected chi connectivity index (χ3v) is 8.10. The fourth-order valence-corrected chi connectivity index (χ4v) is 5.26. The van der Waals surface area contributed by atoms with E-state index in [0.717, 1.165) is 27.2 Å². The Hall–Kier alpha value is -5.03. The highest BCUT2D eigenvalue weighted by Crippen LogP contribution is 2.40. The second-order valence-electron chi connectivity index (χ2n) is 9.52. The topological polar surface area (TPSA) is 121 Å². The van der Waals surface area contributed by atoms with E-state index in [9.17, 15) is 17.6 Å². The number of H-pyrrole nitrogens is 1. The number of anilines is 1. The molecule has 0 spiro atoms. The summed E-state index contributed by atoms with van der Waals surface area (Å²) in [6.45, 7) is 0. The van der Waals surface area contributed by atoms with Gasteiger partial charge in [0.15, 0.2) is 5.82 Å². The predicted octanol–water partition coefficient (Wildman–Crippen LogP) is 5.60. The molecule has 3 heterocycles. The molecule has 41 heavy (non-hydrogen) atoms. The Balaban J connectivity index is 1.61. The first-order valence-corrected chi connectivity index (χ1v) is 14.4. The van der Waals surface area contributed by atoms with Crippen molar-refractivity contribution in [3.05, 3.63) is 90.4 Å². The number of sulfonamides is 1. The molecule has 6 aromatic rings. The average molecular weight is 570 g/mol. The fraction of sp³-hybridized carbons (Fsp3) is 0.100. The number of benzene rings is 3. The van der Waals surface area contributed by atoms with Crippen LogP contribution in [0.3, 0.4) is 0 Å². The summed E-state index contributed by atoms with van der Waals surface area (Å²) in [7, 11) is -0.790. The molecule has 11 heteroatoms. The van der Waals surface area contributed by atoms with Gasteiger partial charge in [-0.25, -0.2) is 22.8 Å². The largest absolute Gasteiger partial charge is 0.455 e. The second kappa shape index (κ2) is 9.86. The third kappa shape index (κ3) is 4.70. The van der Waals surface area contributed by atoms with E-state index >= 15 is 0 Å². The number of furan rings is 1. The molecule has 3 aromatic carbocycles. The second-order valence-corrected chi connectivity index (χ2v) is 11.5. The van der Waals surface area contributed by atoms with E-state index in [1.54, 1.807) is 24.4 Å². The lowest BCUT2D eigenvalue weighted by atomic mass is 10.0. The van der Waals surface area contributed by atoms with Crippen molar-refractivity contribution >= 4 is 43.5 Å². The number of hydrogen-bond acceptors (Lipinski definition) is 6. The molecule has 6 rings (SSSR count). The van der Waals surface area contributed by atoms with E-state index in [1.165, 1.54) is 38.4 Å². The predicted molar refractivity (Wildman–Crippen MR) is 157 cm³/mol. The van der Waals surface area contributed by atoms with Gasteiger partial charge >= 0.3 is 0 Å². The first kappa shape index (κ1) is 26.2. The van der Waals surface area contributed by atoms with Gasteiger partial charge in [0, 0.05) is 53.8 Å². The van der Waals surface area contributed by atoms with Crippen LogP contribution >= 0.6 is 0 Å². The number of rotatable bonds is 6. The molecule has 0 atom stereocenters. The molecule has 3 aromatic heterocycles. The number of hydrogen-bond donors (Lipinski definition) is 2. The van der Waals surface area contributed by atoms with Crippen LogP contribution in [0.1, 0.15) is 10.4 Å². The van der Waals surface area contributed by atoms with Crippen molar-refractivity contribution in [1.82, 2.24) is 20.3 Å². The van der Waals surface area contributed by atoms with E-state index in [2.05, 4.69) is 15.3 Å². The lowest BCUT2D eigenvalue weighted by molar-refractivity contribution is 0.0964. The Morgan fingerprint density at radius 3 is 2.51 bits per heavy atom. The quantitative estimate of drug-likeness (QED) is 0.269. The van der Waals surface area contributed by atoms with E-state index in [-0.39, 0.29) is 28.4 Å². The number of para-hydroxylation sites is 1. The summed E-state index contributed by atoms with van der Waals surface area (Å²) in [5.41, 5.74) is 3.92. The van der Waals surface area contributed by atoms with Crippen LogP contribution in [0, 0.1) is 5.82 Å². The molecule has 0 bridgehead atoms. The Kier molecular flexibility index (Phi) is 6.30. The van der Waals surface area contributed by atoms with Gasteiger partial charge in [0.1, 0.15) is 17.2 Å². The van der Waals surface area contributed by atoms with Crippen molar-refractivity contribution in [3.63, 3.8) is 0 Å². The number of halogens is 1. The van der Waals surface area contributed by atoms with Crippen molar-refractivity contribution in [1.29, 1.82) is 0 Å². The van der Waals surface area contributed by atoms with Gasteiger partial charge in [0.25, 0.3) is 5.91 Å². The summed E-state index contributed by atoms with van der Waals surface area (Å²) in [6.07, 6.45) is 2.68. The number of amides is 1. The van der Waals surface area contributed by atoms with Crippen LogP contribution in [0.5, 0.6) is 0 Å². The molecule has 0 unspecified atom stereocenters. The maximum Gasteiger partial charge on any atom is 0.255 e. The molecule has 0 fully saturated rings. The van der Waals surface area contributed by atoms with Crippen LogP contribution in [0.15, 0.2) is 83.4 Å². The fourth-order valence-electron chi connectivity index (χ4n) is 4.76. The molecular weight excluding hydrogens is 545 g/mol. The number of fused-ring (bicyclic) bond motifs is 2. The molecular formula is C30H24FN5O4S. The number of carbonyl (C=O) groups excluding carboxylic acids is 1. The summed E-state index contributed by atoms with van der Waals surface area (Å²) in [6, 6.07) is 20.3. The summed E-state index contributed by atoms with van der Waals surface area (Å²) >= 11 is 0. The van der Waals surface area contributed by atoms with Crippen molar-refractivity contribution in [3.8, 4) is 34.1 Å². The summed E-state index contributed by atoms with van der Waals surface area (Å²) < 4.78 is 46.2. The molecule has 0 saturated heterocycles. The zero-order valence-electron chi connectivity index (χ0n) is 22.3. The SMILES string of the molecule is CNC(=O)c1c(-c2ccc(F)cc2)oc2cc(N(C)S(C)(=O)=O)c(-c3nccc(-c4cc5ccccc5[nH]4)n3)cc12. The molecule has 1 amide bonds. The van der Waals surface area contributed by atoms with Gasteiger partial charge in [-0.1, -0.05) is 18.2 Å². The molecule has 0 aliphatic rings. The van der Waals surface area contributed by atoms with Crippen molar-refractivity contribution in [2.75, 3.05) is 24.7 Å². The standard InChI is InChI=1S/C30H24FN5O4S/c1-32-30(37)27-21-15-20(29-33-13-12-23(35-29)24-14-18-6-4-5-7-22(18)34-24)25(36(2)41(3,38)39)16-26(21)40-28(27)17-8-10-19(31)11-9-17/h4-16,34H,1-3H3,(H,32,37). The minimum atomic E-state index is -3.71. The van der Waals surface area contributed by atoms with Crippen LogP contribution in [-0.4, -0.2) is 49.6 Å². The van der Waals surface area contributed by atoms with E-state index in [4.69, 9.17) is 9.40 Å². The zero-order valence-corrected chi connectivity index (χ0v) is 23.1. The van der Waals surface area contributed by atoms with Gasteiger partial charge in [0.05, 0.1) is 28.9 Å². The molecule has 2 N–H and O–H groups in total. The Morgan fingerprint density at radius 2 is 1.80 bits per heavy atom. The number of carbonyl (C=O) groups is 1. The molecule has 0 saturated carbocycles. The normalized spacial score (nSPS) is 11.7. The van der Waals surface area contributed by atoms with Crippen LogP contribution in [0.4, 0.5) is 10.1 Å². The number of aromatic amines is 1. The smallest absolute Gasteiger partial charge is 0.255 e. The Labute approximate surface area is 234 Å². The number of nitrogens with zero attached hydrogens (tertiary/aromatic N) is 3. The van der Waals surface area contributed by atoms with E-state index < -0.39 is 21.7 Å². The third-order valence-electron chi connectivity index (χ3n) is 6.91. The van der Waals surface area contributed by atoms with Gasteiger partial charge in [-0.15, -0.1) is 0 Å². The highest BCUT2D eigenvalue weighted by Gasteiger charge is 2.26. The Morgan fingerprint density at radius 1 is 1.05 bits per heavy atom. The van der Waals surface area contributed by atoms with E-state index in [1.807, 2.05) is 30.3 Å². The lowest BCUT2D eigenvalue weighted by Crippen LogP contribution is -2.25. The number of aromatic nitrogens is 3. The maximum absolute atomic E-state index is 13.7. The first-order chi connectivity index (χ1) is 19.6. The summed E-state index contributed by atoms with van der Waals surface area (Å²) in [5, 5.41) is 4.07. The van der Waals surface area contributed by atoms with Gasteiger partial charge < -0.3 is 14.7 Å². The van der Waals surface area contributed by atoms with Crippen LogP contribution < -0.4 is 9.62 Å². The van der Waals surface area contributed by atoms with Crippen LogP contribution in [0.25, 0.3) is 56.0 Å². The van der Waals surface area contributed by atoms with Gasteiger partial charge in [0.2, 0.25) is 10.0 Å². The van der Waals surface area contributed by atoms with Crippen molar-refractivity contribution in [2.24, 2.45) is 0 Å². The maximum atomic E-state index is 13.7. The van der Waals surface area contributed by atoms with Crippen LogP contribution in [0.2, 0.25) is 0 Å². The van der Waals surface area contributed by atoms with Crippen molar-refractivity contribution in [2.45, 2.75) is 0 Å². The number of nitrogens with one attached hydrogen (secondary N) is 2. The molecule has 206 valence electrons. The monoisotopic (exact) mass is 569 g/mol. The zero-order chi connectivity index (χ0) is 28.9. The highest BCUT2D eigenvalue weighted by molar-refractivity contribution is 7.92. The first-order valence-electron chi connectivity index (χ1n) is 12.6. The van der Waals surface area contributed by atoms with Gasteiger partial charge in [-0.2, -0.15) is 0 Å². The van der Waals surface area contributed by atoms with Crippen molar-refractivity contribution < 1.29 is 22.0 Å². The molecule has 0 aliphatic heterocycles. The minimum Gasteiger partial charge on any atom is -0.455 e. The lowest BCUT2D eigenvalue weighted by Gasteiger charge is -2.20. The Bertz CT molecular complexity index is 2030. The van der Waals surface area contributed by atoms with Gasteiger partial charge in [-0.05, 0) is 48.5 Å².